The van der Waals surface area contributed by atoms with Crippen molar-refractivity contribution in [1.82, 2.24) is 15.6 Å². The zero-order valence-corrected chi connectivity index (χ0v) is 15.9. The Balaban J connectivity index is 1.54. The van der Waals surface area contributed by atoms with Crippen LogP contribution in [0, 0.1) is 0 Å². The van der Waals surface area contributed by atoms with Crippen LogP contribution >= 0.6 is 11.6 Å². The second-order valence-corrected chi connectivity index (χ2v) is 6.78. The first kappa shape index (κ1) is 17.9. The maximum atomic E-state index is 12.4. The highest BCUT2D eigenvalue weighted by molar-refractivity contribution is 6.30. The molecule has 0 aliphatic heterocycles. The summed E-state index contributed by atoms with van der Waals surface area (Å²) < 4.78 is 0. The van der Waals surface area contributed by atoms with Gasteiger partial charge in [0.05, 0.1) is 11.4 Å². The lowest BCUT2D eigenvalue weighted by Gasteiger charge is -2.03. The van der Waals surface area contributed by atoms with Crippen molar-refractivity contribution in [2.45, 2.75) is 6.92 Å². The minimum atomic E-state index is -0.354. The van der Waals surface area contributed by atoms with Crippen molar-refractivity contribution in [2.24, 2.45) is 5.10 Å². The number of amides is 1. The molecule has 0 fully saturated rings. The van der Waals surface area contributed by atoms with Crippen molar-refractivity contribution in [3.8, 4) is 11.3 Å². The van der Waals surface area contributed by atoms with Gasteiger partial charge >= 0.3 is 0 Å². The van der Waals surface area contributed by atoms with Gasteiger partial charge in [-0.3, -0.25) is 9.89 Å². The number of hydrazone groups is 1. The lowest BCUT2D eigenvalue weighted by Crippen LogP contribution is -2.19. The number of nitrogens with one attached hydrogen (secondary N) is 2. The average molecular weight is 389 g/mol. The van der Waals surface area contributed by atoms with Crippen molar-refractivity contribution >= 4 is 34.0 Å². The summed E-state index contributed by atoms with van der Waals surface area (Å²) in [7, 11) is 0. The summed E-state index contributed by atoms with van der Waals surface area (Å²) in [6, 6.07) is 23.1. The Kier molecular flexibility index (Phi) is 4.91. The van der Waals surface area contributed by atoms with E-state index in [-0.39, 0.29) is 5.91 Å². The molecule has 0 atom stereocenters. The summed E-state index contributed by atoms with van der Waals surface area (Å²) in [6.45, 7) is 1.82. The summed E-state index contributed by atoms with van der Waals surface area (Å²) in [5.41, 5.74) is 6.14. The molecule has 1 aromatic heterocycles. The van der Waals surface area contributed by atoms with Gasteiger partial charge in [0.25, 0.3) is 5.91 Å². The van der Waals surface area contributed by atoms with Crippen LogP contribution in [0.5, 0.6) is 0 Å². The predicted octanol–water partition coefficient (Wildman–Crippen LogP) is 5.04. The van der Waals surface area contributed by atoms with Crippen molar-refractivity contribution in [2.75, 3.05) is 0 Å². The van der Waals surface area contributed by atoms with E-state index >= 15 is 0 Å². The molecule has 5 nitrogen and oxygen atoms in total. The first-order valence-electron chi connectivity index (χ1n) is 8.76. The SMILES string of the molecule is C/C(=N/NC(=O)c1cc(-c2cccc3ccccc23)n[nH]1)c1ccc(Cl)cc1. The zero-order valence-electron chi connectivity index (χ0n) is 15.1. The average Bonchev–Trinajstić information content (AvgIpc) is 3.22. The number of nitrogens with zero attached hydrogens (tertiary/aromatic N) is 2. The second kappa shape index (κ2) is 7.66. The first-order valence-corrected chi connectivity index (χ1v) is 9.14. The maximum absolute atomic E-state index is 12.4. The Morgan fingerprint density at radius 1 is 1.04 bits per heavy atom. The number of fused-ring (bicyclic) bond motifs is 1. The molecule has 1 amide bonds. The second-order valence-electron chi connectivity index (χ2n) is 6.34. The molecule has 0 saturated heterocycles. The number of hydrogen-bond donors (Lipinski definition) is 2. The highest BCUT2D eigenvalue weighted by Crippen LogP contribution is 2.27. The molecule has 6 heteroatoms. The highest BCUT2D eigenvalue weighted by Gasteiger charge is 2.12. The number of aromatic nitrogens is 2. The van der Waals surface area contributed by atoms with Gasteiger partial charge in [0.15, 0.2) is 0 Å². The molecular formula is C22H17ClN4O. The molecule has 0 aliphatic rings. The van der Waals surface area contributed by atoms with Crippen molar-refractivity contribution in [1.29, 1.82) is 0 Å². The van der Waals surface area contributed by atoms with E-state index in [0.29, 0.717) is 22.1 Å². The highest BCUT2D eigenvalue weighted by atomic mass is 35.5. The van der Waals surface area contributed by atoms with Crippen LogP contribution in [0.2, 0.25) is 5.02 Å². The molecule has 2 N–H and O–H groups in total. The van der Waals surface area contributed by atoms with Gasteiger partial charge in [-0.25, -0.2) is 5.43 Å². The van der Waals surface area contributed by atoms with Crippen LogP contribution in [0.3, 0.4) is 0 Å². The molecule has 0 bridgehead atoms. The molecule has 138 valence electrons. The van der Waals surface area contributed by atoms with Crippen LogP contribution in [0.15, 0.2) is 77.9 Å². The molecule has 4 aromatic rings. The van der Waals surface area contributed by atoms with Crippen LogP contribution in [-0.2, 0) is 0 Å². The van der Waals surface area contributed by atoms with Crippen LogP contribution in [0.1, 0.15) is 23.0 Å². The Labute approximate surface area is 167 Å². The quantitative estimate of drug-likeness (QED) is 0.380. The number of benzene rings is 3. The largest absolute Gasteiger partial charge is 0.289 e. The number of rotatable bonds is 4. The summed E-state index contributed by atoms with van der Waals surface area (Å²) >= 11 is 5.89. The van der Waals surface area contributed by atoms with Gasteiger partial charge in [-0.05, 0) is 41.5 Å². The van der Waals surface area contributed by atoms with Gasteiger partial charge in [-0.15, -0.1) is 0 Å². The van der Waals surface area contributed by atoms with Gasteiger partial charge in [0, 0.05) is 10.6 Å². The van der Waals surface area contributed by atoms with E-state index in [4.69, 9.17) is 11.6 Å². The third-order valence-electron chi connectivity index (χ3n) is 4.48. The van der Waals surface area contributed by atoms with Gasteiger partial charge in [-0.1, -0.05) is 66.2 Å². The molecular weight excluding hydrogens is 372 g/mol. The smallest absolute Gasteiger partial charge is 0.272 e. The molecule has 0 unspecified atom stereocenters. The molecule has 0 saturated carbocycles. The van der Waals surface area contributed by atoms with E-state index in [2.05, 4.69) is 20.7 Å². The number of carbonyl (C=O) groups excluding carboxylic acids is 1. The Bertz CT molecular complexity index is 1170. The lowest BCUT2D eigenvalue weighted by atomic mass is 10.0. The summed E-state index contributed by atoms with van der Waals surface area (Å²) in [5.74, 6) is -0.354. The topological polar surface area (TPSA) is 70.1 Å². The number of halogens is 1. The van der Waals surface area contributed by atoms with E-state index in [1.807, 2.05) is 61.5 Å². The predicted molar refractivity (Wildman–Crippen MR) is 113 cm³/mol. The molecule has 4 rings (SSSR count). The molecule has 28 heavy (non-hydrogen) atoms. The monoisotopic (exact) mass is 388 g/mol. The number of hydrogen-bond acceptors (Lipinski definition) is 3. The fraction of sp³-hybridized carbons (Fsp3) is 0.0455. The van der Waals surface area contributed by atoms with Crippen LogP contribution in [0.4, 0.5) is 0 Å². The van der Waals surface area contributed by atoms with Gasteiger partial charge in [0.2, 0.25) is 0 Å². The Morgan fingerprint density at radius 3 is 2.61 bits per heavy atom. The Hall–Kier alpha value is -3.44. The standard InChI is InChI=1S/C22H17ClN4O/c1-14(15-9-11-17(23)12-10-15)24-27-22(28)21-13-20(25-26-21)19-8-4-6-16-5-2-3-7-18(16)19/h2-13H,1H3,(H,25,26)(H,27,28)/b24-14-. The van der Waals surface area contributed by atoms with E-state index in [1.54, 1.807) is 18.2 Å². The minimum absolute atomic E-state index is 0.343. The Morgan fingerprint density at radius 2 is 1.79 bits per heavy atom. The molecule has 0 radical (unpaired) electrons. The fourth-order valence-electron chi connectivity index (χ4n) is 2.98. The van der Waals surface area contributed by atoms with Crippen LogP contribution < -0.4 is 5.43 Å². The maximum Gasteiger partial charge on any atom is 0.289 e. The fourth-order valence-corrected chi connectivity index (χ4v) is 3.10. The third-order valence-corrected chi connectivity index (χ3v) is 4.73. The molecule has 0 spiro atoms. The number of aromatic amines is 1. The van der Waals surface area contributed by atoms with Crippen LogP contribution in [-0.4, -0.2) is 21.8 Å². The third kappa shape index (κ3) is 3.66. The van der Waals surface area contributed by atoms with E-state index in [1.165, 1.54) is 0 Å². The first-order chi connectivity index (χ1) is 13.6. The molecule has 3 aromatic carbocycles. The van der Waals surface area contributed by atoms with Gasteiger partial charge in [0.1, 0.15) is 5.69 Å². The van der Waals surface area contributed by atoms with Crippen molar-refractivity contribution < 1.29 is 4.79 Å². The van der Waals surface area contributed by atoms with Gasteiger partial charge in [-0.2, -0.15) is 10.2 Å². The summed E-state index contributed by atoms with van der Waals surface area (Å²) in [5, 5.41) is 14.1. The van der Waals surface area contributed by atoms with E-state index in [0.717, 1.165) is 21.9 Å². The normalized spacial score (nSPS) is 11.6. The summed E-state index contributed by atoms with van der Waals surface area (Å²) in [4.78, 5) is 12.4. The van der Waals surface area contributed by atoms with Crippen molar-refractivity contribution in [3.63, 3.8) is 0 Å². The zero-order chi connectivity index (χ0) is 19.5. The lowest BCUT2D eigenvalue weighted by molar-refractivity contribution is 0.0950. The number of carbonyl (C=O) groups is 1. The molecule has 1 heterocycles. The summed E-state index contributed by atoms with van der Waals surface area (Å²) in [6.07, 6.45) is 0. The minimum Gasteiger partial charge on any atom is -0.272 e. The van der Waals surface area contributed by atoms with Gasteiger partial charge < -0.3 is 0 Å². The van der Waals surface area contributed by atoms with E-state index < -0.39 is 0 Å². The van der Waals surface area contributed by atoms with E-state index in [9.17, 15) is 4.79 Å². The van der Waals surface area contributed by atoms with Crippen LogP contribution in [0.25, 0.3) is 22.0 Å². The van der Waals surface area contributed by atoms with Crippen molar-refractivity contribution in [3.05, 3.63) is 89.1 Å². The molecule has 0 aliphatic carbocycles. The number of H-pyrrole nitrogens is 1.